The summed E-state index contributed by atoms with van der Waals surface area (Å²) in [5.74, 6) is 0.667. The van der Waals surface area contributed by atoms with Crippen molar-refractivity contribution in [2.24, 2.45) is 0 Å². The average Bonchev–Trinajstić information content (AvgIpc) is 3.12. The van der Waals surface area contributed by atoms with E-state index >= 15 is 0 Å². The molecule has 1 aliphatic rings. The summed E-state index contributed by atoms with van der Waals surface area (Å²) >= 11 is 0. The molecule has 5 heteroatoms. The normalized spacial score (nSPS) is 21.5. The number of aliphatic hydroxyl groups excluding tert-OH is 1. The number of para-hydroxylation sites is 1. The van der Waals surface area contributed by atoms with Gasteiger partial charge in [0.1, 0.15) is 23.7 Å². The van der Waals surface area contributed by atoms with Crippen molar-refractivity contribution in [3.05, 3.63) is 65.4 Å². The Morgan fingerprint density at radius 1 is 1.20 bits per heavy atom. The van der Waals surface area contributed by atoms with E-state index in [2.05, 4.69) is 24.9 Å². The molecule has 1 saturated carbocycles. The minimum atomic E-state index is -0.732. The van der Waals surface area contributed by atoms with Crippen molar-refractivity contribution in [1.29, 1.82) is 0 Å². The summed E-state index contributed by atoms with van der Waals surface area (Å²) in [7, 11) is 1.79. The third kappa shape index (κ3) is 3.82. The number of nitrogens with zero attached hydrogens (tertiary/aromatic N) is 1. The van der Waals surface area contributed by atoms with E-state index in [4.69, 9.17) is 4.74 Å². The van der Waals surface area contributed by atoms with Crippen molar-refractivity contribution in [2.75, 3.05) is 7.05 Å². The van der Waals surface area contributed by atoms with E-state index in [-0.39, 0.29) is 18.1 Å². The maximum absolute atomic E-state index is 13.4. The number of aryl methyl sites for hydroxylation is 2. The number of aromatic amines is 1. The third-order valence-corrected chi connectivity index (χ3v) is 6.24. The van der Waals surface area contributed by atoms with Gasteiger partial charge < -0.3 is 19.7 Å². The molecule has 1 aromatic heterocycles. The Balaban J connectivity index is 1.57. The maximum Gasteiger partial charge on any atom is 0.270 e. The quantitative estimate of drug-likeness (QED) is 0.657. The Labute approximate surface area is 177 Å². The van der Waals surface area contributed by atoms with E-state index in [1.54, 1.807) is 11.9 Å². The summed E-state index contributed by atoms with van der Waals surface area (Å²) in [6, 6.07) is 15.5. The van der Waals surface area contributed by atoms with Gasteiger partial charge in [0.15, 0.2) is 0 Å². The van der Waals surface area contributed by atoms with E-state index < -0.39 is 6.10 Å². The van der Waals surface area contributed by atoms with E-state index in [9.17, 15) is 9.90 Å². The second-order valence-electron chi connectivity index (χ2n) is 8.26. The lowest BCUT2D eigenvalue weighted by Gasteiger charge is -2.39. The van der Waals surface area contributed by atoms with E-state index in [0.29, 0.717) is 5.69 Å². The number of likely N-dealkylation sites (N-methyl/N-ethyl adjacent to an activating group) is 1. The first kappa shape index (κ1) is 20.5. The highest BCUT2D eigenvalue weighted by molar-refractivity contribution is 6.01. The molecule has 4 rings (SSSR count). The second-order valence-corrected chi connectivity index (χ2v) is 8.26. The van der Waals surface area contributed by atoms with Crippen LogP contribution in [0.15, 0.2) is 48.5 Å². The number of aromatic nitrogens is 1. The Bertz CT molecular complexity index is 1030. The number of carbonyl (C=O) groups is 1. The van der Waals surface area contributed by atoms with Gasteiger partial charge in [0.25, 0.3) is 5.91 Å². The minimum Gasteiger partial charge on any atom is -0.488 e. The number of hydrogen-bond acceptors (Lipinski definition) is 3. The molecular formula is C25H30N2O3. The van der Waals surface area contributed by atoms with Crippen molar-refractivity contribution < 1.29 is 14.6 Å². The van der Waals surface area contributed by atoms with Gasteiger partial charge in [0.2, 0.25) is 0 Å². The van der Waals surface area contributed by atoms with E-state index in [1.165, 1.54) is 5.56 Å². The van der Waals surface area contributed by atoms with Gasteiger partial charge in [-0.05, 0) is 62.4 Å². The third-order valence-electron chi connectivity index (χ3n) is 6.24. The van der Waals surface area contributed by atoms with Crippen LogP contribution in [0.3, 0.4) is 0 Å². The van der Waals surface area contributed by atoms with Crippen molar-refractivity contribution in [1.82, 2.24) is 9.88 Å². The Hall–Kier alpha value is -2.79. The molecule has 3 aromatic rings. The fraction of sp³-hybridized carbons (Fsp3) is 0.400. The van der Waals surface area contributed by atoms with Gasteiger partial charge in [-0.3, -0.25) is 4.79 Å². The highest BCUT2D eigenvalue weighted by Crippen LogP contribution is 2.30. The van der Waals surface area contributed by atoms with Gasteiger partial charge in [-0.2, -0.15) is 0 Å². The zero-order chi connectivity index (χ0) is 21.3. The number of nitrogens with one attached hydrogen (secondary N) is 1. The summed E-state index contributed by atoms with van der Waals surface area (Å²) in [5, 5.41) is 12.1. The molecule has 1 fully saturated rings. The highest BCUT2D eigenvalue weighted by Gasteiger charge is 2.38. The number of H-pyrrole nitrogens is 1. The molecule has 0 aliphatic heterocycles. The molecule has 3 atom stereocenters. The summed E-state index contributed by atoms with van der Waals surface area (Å²) in [6.07, 6.45) is 2.16. The van der Waals surface area contributed by atoms with Crippen molar-refractivity contribution in [3.8, 4) is 5.75 Å². The summed E-state index contributed by atoms with van der Waals surface area (Å²) < 4.78 is 6.04. The number of hydrogen-bond donors (Lipinski definition) is 2. The van der Waals surface area contributed by atoms with Gasteiger partial charge in [-0.15, -0.1) is 0 Å². The first-order valence-electron chi connectivity index (χ1n) is 10.8. The number of amides is 1. The van der Waals surface area contributed by atoms with Crippen LogP contribution in [0.5, 0.6) is 5.75 Å². The van der Waals surface area contributed by atoms with Crippen LogP contribution >= 0.6 is 0 Å². The van der Waals surface area contributed by atoms with Crippen LogP contribution in [0.25, 0.3) is 10.9 Å². The first-order valence-corrected chi connectivity index (χ1v) is 10.8. The lowest BCUT2D eigenvalue weighted by Crippen LogP contribution is -2.53. The predicted molar refractivity (Wildman–Crippen MR) is 119 cm³/mol. The molecule has 0 unspecified atom stereocenters. The fourth-order valence-electron chi connectivity index (χ4n) is 4.58. The second kappa shape index (κ2) is 8.52. The standard InChI is InChI=1S/C25H30N2O3/c1-4-18-19-15-16(2)13-14-20(19)26-23(18)25(29)27(3)21-11-8-12-22(24(21)28)30-17-9-6-5-7-10-17/h5-7,9-10,13-15,21-22,24,26,28H,4,8,11-12H2,1-3H3/t21-,22-,24-/m1/s1. The molecule has 1 amide bonds. The number of carbonyl (C=O) groups excluding carboxylic acids is 1. The molecule has 1 aliphatic carbocycles. The van der Waals surface area contributed by atoms with Crippen LogP contribution in [0, 0.1) is 6.92 Å². The van der Waals surface area contributed by atoms with Crippen LogP contribution in [0.2, 0.25) is 0 Å². The van der Waals surface area contributed by atoms with Gasteiger partial charge >= 0.3 is 0 Å². The summed E-state index contributed by atoms with van der Waals surface area (Å²) in [4.78, 5) is 18.5. The molecule has 158 valence electrons. The van der Waals surface area contributed by atoms with Crippen molar-refractivity contribution >= 4 is 16.8 Å². The molecule has 2 aromatic carbocycles. The minimum absolute atomic E-state index is 0.0786. The number of ether oxygens (including phenoxy) is 1. The van der Waals surface area contributed by atoms with Crippen molar-refractivity contribution in [2.45, 2.75) is 57.8 Å². The van der Waals surface area contributed by atoms with Crippen LogP contribution in [0.4, 0.5) is 0 Å². The van der Waals surface area contributed by atoms with Gasteiger partial charge in [-0.1, -0.05) is 36.8 Å². The maximum atomic E-state index is 13.4. The van der Waals surface area contributed by atoms with Gasteiger partial charge in [0, 0.05) is 18.0 Å². The fourth-order valence-corrected chi connectivity index (χ4v) is 4.58. The first-order chi connectivity index (χ1) is 14.5. The van der Waals surface area contributed by atoms with E-state index in [1.807, 2.05) is 42.5 Å². The van der Waals surface area contributed by atoms with E-state index in [0.717, 1.165) is 47.9 Å². The van der Waals surface area contributed by atoms with Gasteiger partial charge in [0.05, 0.1) is 6.04 Å². The predicted octanol–water partition coefficient (Wildman–Crippen LogP) is 4.47. The largest absolute Gasteiger partial charge is 0.488 e. The Morgan fingerprint density at radius 3 is 2.70 bits per heavy atom. The number of rotatable bonds is 5. The van der Waals surface area contributed by atoms with Crippen LogP contribution in [-0.2, 0) is 6.42 Å². The summed E-state index contributed by atoms with van der Waals surface area (Å²) in [6.45, 7) is 4.13. The smallest absolute Gasteiger partial charge is 0.270 e. The molecule has 1 heterocycles. The number of aliphatic hydroxyl groups is 1. The van der Waals surface area contributed by atoms with Crippen LogP contribution < -0.4 is 4.74 Å². The molecule has 0 bridgehead atoms. The SMILES string of the molecule is CCc1c(C(=O)N(C)[C@@H]2CCC[C@@H](Oc3ccccc3)[C@@H]2O)[nH]c2ccc(C)cc12. The average molecular weight is 407 g/mol. The Morgan fingerprint density at radius 2 is 1.97 bits per heavy atom. The molecule has 0 spiro atoms. The lowest BCUT2D eigenvalue weighted by molar-refractivity contribution is -0.0414. The van der Waals surface area contributed by atoms with Crippen LogP contribution in [-0.4, -0.2) is 46.2 Å². The van der Waals surface area contributed by atoms with Crippen molar-refractivity contribution in [3.63, 3.8) is 0 Å². The zero-order valence-corrected chi connectivity index (χ0v) is 17.9. The molecular weight excluding hydrogens is 376 g/mol. The highest BCUT2D eigenvalue weighted by atomic mass is 16.5. The Kier molecular flexibility index (Phi) is 5.82. The number of benzene rings is 2. The monoisotopic (exact) mass is 406 g/mol. The topological polar surface area (TPSA) is 65.6 Å². The summed E-state index contributed by atoms with van der Waals surface area (Å²) in [5.41, 5.74) is 3.81. The molecule has 5 nitrogen and oxygen atoms in total. The molecule has 0 saturated heterocycles. The van der Waals surface area contributed by atoms with Gasteiger partial charge in [-0.25, -0.2) is 0 Å². The molecule has 2 N–H and O–H groups in total. The molecule has 0 radical (unpaired) electrons. The van der Waals surface area contributed by atoms with Crippen LogP contribution in [0.1, 0.15) is 47.8 Å². The molecule has 30 heavy (non-hydrogen) atoms. The zero-order valence-electron chi connectivity index (χ0n) is 17.9. The lowest BCUT2D eigenvalue weighted by atomic mass is 9.88. The number of fused-ring (bicyclic) bond motifs is 1.